The highest BCUT2D eigenvalue weighted by Gasteiger charge is 2.32. The zero-order chi connectivity index (χ0) is 20.4. The highest BCUT2D eigenvalue weighted by atomic mass is 19.1. The Kier molecular flexibility index (Phi) is 5.38. The summed E-state index contributed by atoms with van der Waals surface area (Å²) in [5.74, 6) is 0.235. The van der Waals surface area contributed by atoms with E-state index in [9.17, 15) is 9.18 Å². The summed E-state index contributed by atoms with van der Waals surface area (Å²) in [6.07, 6.45) is 2.94. The third-order valence-corrected chi connectivity index (χ3v) is 5.41. The molecule has 0 radical (unpaired) electrons. The number of carbonyl (C=O) groups excluding carboxylic acids is 1. The molecule has 5 heteroatoms. The van der Waals surface area contributed by atoms with Gasteiger partial charge in [0.1, 0.15) is 5.82 Å². The van der Waals surface area contributed by atoms with Gasteiger partial charge in [-0.25, -0.2) is 9.18 Å². The van der Waals surface area contributed by atoms with E-state index in [0.29, 0.717) is 19.0 Å². The maximum absolute atomic E-state index is 13.6. The summed E-state index contributed by atoms with van der Waals surface area (Å²) in [7, 11) is 0. The van der Waals surface area contributed by atoms with Crippen LogP contribution >= 0.6 is 0 Å². The molecule has 150 valence electrons. The van der Waals surface area contributed by atoms with Gasteiger partial charge >= 0.3 is 6.03 Å². The van der Waals surface area contributed by atoms with E-state index in [4.69, 9.17) is 0 Å². The van der Waals surface area contributed by atoms with Crippen LogP contribution in [0.25, 0.3) is 5.69 Å². The van der Waals surface area contributed by atoms with Crippen molar-refractivity contribution in [3.8, 4) is 5.69 Å². The maximum atomic E-state index is 13.6. The number of rotatable bonds is 4. The predicted molar refractivity (Wildman–Crippen MR) is 112 cm³/mol. The van der Waals surface area contributed by atoms with Crippen LogP contribution in [0.2, 0.25) is 0 Å². The van der Waals surface area contributed by atoms with Gasteiger partial charge in [-0.3, -0.25) is 0 Å². The zero-order valence-electron chi connectivity index (χ0n) is 16.8. The van der Waals surface area contributed by atoms with Crippen LogP contribution in [0.3, 0.4) is 0 Å². The Labute approximate surface area is 171 Å². The molecule has 2 heterocycles. The molecule has 0 spiro atoms. The molecule has 4 rings (SSSR count). The number of hydrogen-bond acceptors (Lipinski definition) is 1. The first kappa shape index (κ1) is 19.2. The van der Waals surface area contributed by atoms with E-state index in [1.54, 1.807) is 12.1 Å². The van der Waals surface area contributed by atoms with Gasteiger partial charge in [-0.2, -0.15) is 0 Å². The van der Waals surface area contributed by atoms with E-state index in [-0.39, 0.29) is 17.9 Å². The first-order valence-electron chi connectivity index (χ1n) is 10.1. The van der Waals surface area contributed by atoms with Gasteiger partial charge in [-0.05, 0) is 53.8 Å². The second-order valence-electron chi connectivity index (χ2n) is 7.93. The number of carbonyl (C=O) groups is 1. The number of fused-ring (bicyclic) bond motifs is 3. The normalized spacial score (nSPS) is 15.6. The summed E-state index contributed by atoms with van der Waals surface area (Å²) in [5.41, 5.74) is 4.02. The van der Waals surface area contributed by atoms with Crippen LogP contribution in [0.4, 0.5) is 9.18 Å². The Balaban J connectivity index is 1.78. The molecule has 2 aromatic carbocycles. The minimum absolute atomic E-state index is 0.107. The van der Waals surface area contributed by atoms with Gasteiger partial charge in [0.15, 0.2) is 0 Å². The van der Waals surface area contributed by atoms with Crippen LogP contribution in [0, 0.1) is 11.7 Å². The van der Waals surface area contributed by atoms with Crippen molar-refractivity contribution < 1.29 is 9.18 Å². The molecular weight excluding hydrogens is 365 g/mol. The molecule has 1 aliphatic rings. The fourth-order valence-corrected chi connectivity index (χ4v) is 3.90. The lowest BCUT2D eigenvalue weighted by molar-refractivity contribution is 0.180. The largest absolute Gasteiger partial charge is 0.338 e. The average molecular weight is 391 g/mol. The molecule has 1 aliphatic heterocycles. The van der Waals surface area contributed by atoms with Crippen molar-refractivity contribution in [3.05, 3.63) is 89.5 Å². The maximum Gasteiger partial charge on any atom is 0.318 e. The van der Waals surface area contributed by atoms with Crippen molar-refractivity contribution in [3.63, 3.8) is 0 Å². The summed E-state index contributed by atoms with van der Waals surface area (Å²) < 4.78 is 15.7. The Hall–Kier alpha value is -3.08. The fourth-order valence-electron chi connectivity index (χ4n) is 3.90. The smallest absolute Gasteiger partial charge is 0.318 e. The lowest BCUT2D eigenvalue weighted by Gasteiger charge is -2.31. The van der Waals surface area contributed by atoms with Crippen LogP contribution in [0.15, 0.2) is 66.9 Å². The number of nitrogens with one attached hydrogen (secondary N) is 1. The minimum Gasteiger partial charge on any atom is -0.338 e. The van der Waals surface area contributed by atoms with Gasteiger partial charge < -0.3 is 14.8 Å². The molecular formula is C24H26FN3O. The van der Waals surface area contributed by atoms with E-state index in [2.05, 4.69) is 35.9 Å². The molecule has 1 aromatic heterocycles. The number of amides is 2. The molecule has 29 heavy (non-hydrogen) atoms. The topological polar surface area (TPSA) is 37.3 Å². The number of halogens is 1. The third-order valence-electron chi connectivity index (χ3n) is 5.41. The van der Waals surface area contributed by atoms with Crippen molar-refractivity contribution in [2.75, 3.05) is 6.54 Å². The van der Waals surface area contributed by atoms with E-state index in [1.807, 2.05) is 35.4 Å². The van der Waals surface area contributed by atoms with Crippen molar-refractivity contribution >= 4 is 6.03 Å². The summed E-state index contributed by atoms with van der Waals surface area (Å²) in [5, 5.41) is 3.08. The summed E-state index contributed by atoms with van der Waals surface area (Å²) in [6, 6.07) is 18.2. The summed E-state index contributed by atoms with van der Waals surface area (Å²) >= 11 is 0. The first-order valence-corrected chi connectivity index (χ1v) is 10.1. The Bertz CT molecular complexity index is 993. The van der Waals surface area contributed by atoms with Crippen molar-refractivity contribution in [2.45, 2.75) is 32.9 Å². The van der Waals surface area contributed by atoms with Gasteiger partial charge in [-0.1, -0.05) is 44.2 Å². The molecule has 2 amide bonds. The van der Waals surface area contributed by atoms with Crippen LogP contribution in [-0.4, -0.2) is 22.0 Å². The molecule has 1 atom stereocenters. The van der Waals surface area contributed by atoms with E-state index < -0.39 is 0 Å². The van der Waals surface area contributed by atoms with Crippen LogP contribution in [-0.2, 0) is 6.54 Å². The minimum atomic E-state index is -0.308. The molecule has 0 saturated heterocycles. The Morgan fingerprint density at radius 1 is 1.10 bits per heavy atom. The van der Waals surface area contributed by atoms with Gasteiger partial charge in [-0.15, -0.1) is 0 Å². The Morgan fingerprint density at radius 2 is 1.86 bits per heavy atom. The standard InChI is InChI=1S/C24H26FN3O/c1-17(2)13-14-26-24(29)28-16-19-6-3-4-7-21(19)27-15-5-8-22(27)23(28)18-9-11-20(25)12-10-18/h3-12,15,17,23H,13-14,16H2,1-2H3,(H,26,29). The monoisotopic (exact) mass is 391 g/mol. The fraction of sp³-hybridized carbons (Fsp3) is 0.292. The number of para-hydroxylation sites is 1. The SMILES string of the molecule is CC(C)CCNC(=O)N1Cc2ccccc2-n2cccc2C1c1ccc(F)cc1. The van der Waals surface area contributed by atoms with Gasteiger partial charge in [0.05, 0.1) is 18.3 Å². The van der Waals surface area contributed by atoms with Gasteiger partial charge in [0.25, 0.3) is 0 Å². The summed E-state index contributed by atoms with van der Waals surface area (Å²) in [4.78, 5) is 15.1. The van der Waals surface area contributed by atoms with E-state index >= 15 is 0 Å². The molecule has 0 aliphatic carbocycles. The highest BCUT2D eigenvalue weighted by Crippen LogP contribution is 2.36. The second kappa shape index (κ2) is 8.11. The molecule has 0 bridgehead atoms. The first-order chi connectivity index (χ1) is 14.0. The predicted octanol–water partition coefficient (Wildman–Crippen LogP) is 5.28. The van der Waals surface area contributed by atoms with Crippen molar-refractivity contribution in [1.29, 1.82) is 0 Å². The second-order valence-corrected chi connectivity index (χ2v) is 7.93. The van der Waals surface area contributed by atoms with Crippen LogP contribution in [0.1, 0.15) is 43.1 Å². The zero-order valence-corrected chi connectivity index (χ0v) is 16.8. The lowest BCUT2D eigenvalue weighted by Crippen LogP contribution is -2.42. The molecule has 1 unspecified atom stereocenters. The quantitative estimate of drug-likeness (QED) is 0.646. The highest BCUT2D eigenvalue weighted by molar-refractivity contribution is 5.76. The van der Waals surface area contributed by atoms with E-state index in [1.165, 1.54) is 12.1 Å². The van der Waals surface area contributed by atoms with Gasteiger partial charge in [0, 0.05) is 18.4 Å². The lowest BCUT2D eigenvalue weighted by atomic mass is 10.0. The summed E-state index contributed by atoms with van der Waals surface area (Å²) in [6.45, 7) is 5.39. The molecule has 1 N–H and O–H groups in total. The third kappa shape index (κ3) is 3.90. The Morgan fingerprint density at radius 3 is 2.62 bits per heavy atom. The number of nitrogens with zero attached hydrogens (tertiary/aromatic N) is 2. The van der Waals surface area contributed by atoms with Crippen LogP contribution < -0.4 is 5.32 Å². The van der Waals surface area contributed by atoms with Gasteiger partial charge in [0.2, 0.25) is 0 Å². The van der Waals surface area contributed by atoms with Crippen molar-refractivity contribution in [1.82, 2.24) is 14.8 Å². The molecule has 0 fully saturated rings. The molecule has 0 saturated carbocycles. The van der Waals surface area contributed by atoms with Crippen LogP contribution in [0.5, 0.6) is 0 Å². The number of benzene rings is 2. The molecule has 4 nitrogen and oxygen atoms in total. The number of hydrogen-bond donors (Lipinski definition) is 1. The van der Waals surface area contributed by atoms with Crippen molar-refractivity contribution in [2.24, 2.45) is 5.92 Å². The number of aromatic nitrogens is 1. The van der Waals surface area contributed by atoms with E-state index in [0.717, 1.165) is 28.9 Å². The molecule has 3 aromatic rings. The average Bonchev–Trinajstić information content (AvgIpc) is 3.13. The number of urea groups is 1.